The number of anilines is 1. The maximum atomic E-state index is 13.2. The summed E-state index contributed by atoms with van der Waals surface area (Å²) in [7, 11) is 0. The van der Waals surface area contributed by atoms with Gasteiger partial charge in [0.15, 0.2) is 0 Å². The molecular weight excluding hydrogens is 413 g/mol. The summed E-state index contributed by atoms with van der Waals surface area (Å²) < 4.78 is 13.2. The van der Waals surface area contributed by atoms with Crippen LogP contribution in [0.4, 0.5) is 15.8 Å². The molecule has 2 saturated heterocycles. The first-order chi connectivity index (χ1) is 14.4. The van der Waals surface area contributed by atoms with E-state index in [1.165, 1.54) is 18.2 Å². The van der Waals surface area contributed by atoms with Crippen molar-refractivity contribution in [3.63, 3.8) is 0 Å². The number of amides is 1. The van der Waals surface area contributed by atoms with Crippen LogP contribution in [-0.2, 0) is 4.79 Å². The second kappa shape index (κ2) is 8.55. The number of carbonyl (C=O) groups is 1. The Morgan fingerprint density at radius 3 is 2.50 bits per heavy atom. The van der Waals surface area contributed by atoms with Gasteiger partial charge in [0, 0.05) is 43.8 Å². The van der Waals surface area contributed by atoms with Crippen LogP contribution in [-0.4, -0.2) is 48.5 Å². The average Bonchev–Trinajstić information content (AvgIpc) is 3.23. The second-order valence-corrected chi connectivity index (χ2v) is 7.80. The largest absolute Gasteiger partial charge is 0.362 e. The van der Waals surface area contributed by atoms with Gasteiger partial charge in [0.2, 0.25) is 5.91 Å². The summed E-state index contributed by atoms with van der Waals surface area (Å²) in [4.78, 5) is 27.8. The minimum Gasteiger partial charge on any atom is -0.362 e. The first-order valence-electron chi connectivity index (χ1n) is 9.65. The molecule has 2 heterocycles. The molecule has 4 rings (SSSR count). The zero-order valence-electron chi connectivity index (χ0n) is 16.1. The van der Waals surface area contributed by atoms with Crippen LogP contribution in [0.5, 0.6) is 0 Å². The first-order valence-corrected chi connectivity index (χ1v) is 10.0. The van der Waals surface area contributed by atoms with Crippen LogP contribution < -0.4 is 15.8 Å². The van der Waals surface area contributed by atoms with Crippen molar-refractivity contribution in [2.75, 3.05) is 37.6 Å². The highest BCUT2D eigenvalue weighted by atomic mass is 35.5. The van der Waals surface area contributed by atoms with Crippen LogP contribution in [0.15, 0.2) is 42.5 Å². The minimum absolute atomic E-state index is 0.00656. The molecule has 2 N–H and O–H groups in total. The summed E-state index contributed by atoms with van der Waals surface area (Å²) >= 11 is 5.90. The summed E-state index contributed by atoms with van der Waals surface area (Å²) in [6, 6.07) is 10.5. The van der Waals surface area contributed by atoms with E-state index in [-0.39, 0.29) is 29.4 Å². The number of nitrogens with one attached hydrogen (secondary N) is 2. The fourth-order valence-electron chi connectivity index (χ4n) is 4.03. The molecule has 8 nitrogen and oxygen atoms in total. The third-order valence-electron chi connectivity index (χ3n) is 5.59. The molecule has 10 heteroatoms. The highest BCUT2D eigenvalue weighted by Crippen LogP contribution is 2.32. The number of nitrogens with zero attached hydrogens (tertiary/aromatic N) is 3. The van der Waals surface area contributed by atoms with Crippen molar-refractivity contribution in [2.24, 2.45) is 5.92 Å². The Hall–Kier alpha value is -2.75. The Kier molecular flexibility index (Phi) is 5.85. The first kappa shape index (κ1) is 20.5. The van der Waals surface area contributed by atoms with Crippen LogP contribution in [0.2, 0.25) is 5.02 Å². The van der Waals surface area contributed by atoms with Gasteiger partial charge in [-0.05, 0) is 29.8 Å². The van der Waals surface area contributed by atoms with E-state index in [1.807, 2.05) is 4.90 Å². The lowest BCUT2D eigenvalue weighted by atomic mass is 9.93. The highest BCUT2D eigenvalue weighted by molar-refractivity contribution is 6.30. The molecule has 0 aliphatic carbocycles. The number of carbonyl (C=O) groups excluding carboxylic acids is 1. The maximum absolute atomic E-state index is 13.2. The normalized spacial score (nSPS) is 21.7. The maximum Gasteiger partial charge on any atom is 0.294 e. The van der Waals surface area contributed by atoms with E-state index in [4.69, 9.17) is 11.6 Å². The predicted molar refractivity (Wildman–Crippen MR) is 111 cm³/mol. The van der Waals surface area contributed by atoms with Crippen molar-refractivity contribution in [3.05, 3.63) is 69.0 Å². The molecular formula is C20H21ClFN5O3. The number of halogens is 2. The summed E-state index contributed by atoms with van der Waals surface area (Å²) in [5.74, 6) is -0.626. The van der Waals surface area contributed by atoms with Crippen molar-refractivity contribution < 1.29 is 14.1 Å². The van der Waals surface area contributed by atoms with Gasteiger partial charge in [0.25, 0.3) is 5.69 Å². The molecule has 2 aromatic rings. The Bertz CT molecular complexity index is 950. The van der Waals surface area contributed by atoms with Gasteiger partial charge in [0.05, 0.1) is 16.9 Å². The number of hydrogen-bond acceptors (Lipinski definition) is 6. The number of nitro groups is 1. The van der Waals surface area contributed by atoms with Crippen LogP contribution in [0, 0.1) is 21.8 Å². The SMILES string of the molecule is O=C(C1CNNC1c1ccc(F)cc1)N1CCN(c2ccc(Cl)cc2[N+](=O)[O-])CC1. The fourth-order valence-corrected chi connectivity index (χ4v) is 4.19. The van der Waals surface area contributed by atoms with E-state index in [1.54, 1.807) is 29.2 Å². The quantitative estimate of drug-likeness (QED) is 0.568. The molecule has 30 heavy (non-hydrogen) atoms. The molecule has 2 aliphatic heterocycles. The van der Waals surface area contributed by atoms with Crippen molar-refractivity contribution in [1.82, 2.24) is 15.8 Å². The highest BCUT2D eigenvalue weighted by Gasteiger charge is 2.37. The van der Waals surface area contributed by atoms with E-state index < -0.39 is 4.92 Å². The standard InChI is InChI=1S/C20H21ClFN5O3/c21-14-3-6-17(18(11-14)27(29)30)25-7-9-26(10-8-25)20(28)16-12-23-24-19(16)13-1-4-15(22)5-2-13/h1-6,11,16,19,23-24H,7-10,12H2. The number of rotatable bonds is 4. The Morgan fingerprint density at radius 2 is 1.83 bits per heavy atom. The van der Waals surface area contributed by atoms with Crippen molar-refractivity contribution in [3.8, 4) is 0 Å². The molecule has 0 radical (unpaired) electrons. The topological polar surface area (TPSA) is 90.8 Å². The summed E-state index contributed by atoms with van der Waals surface area (Å²) in [6.45, 7) is 2.38. The molecule has 0 aromatic heterocycles. The fraction of sp³-hybridized carbons (Fsp3) is 0.350. The number of benzene rings is 2. The summed E-state index contributed by atoms with van der Waals surface area (Å²) in [5, 5.41) is 11.7. The lowest BCUT2D eigenvalue weighted by molar-refractivity contribution is -0.384. The van der Waals surface area contributed by atoms with Gasteiger partial charge >= 0.3 is 0 Å². The third kappa shape index (κ3) is 4.09. The second-order valence-electron chi connectivity index (χ2n) is 7.36. The molecule has 0 spiro atoms. The molecule has 2 atom stereocenters. The van der Waals surface area contributed by atoms with Crippen molar-refractivity contribution in [2.45, 2.75) is 6.04 Å². The smallest absolute Gasteiger partial charge is 0.294 e. The molecule has 2 aliphatic rings. The van der Waals surface area contributed by atoms with Crippen molar-refractivity contribution >= 4 is 28.9 Å². The van der Waals surface area contributed by atoms with Gasteiger partial charge in [-0.1, -0.05) is 23.7 Å². The van der Waals surface area contributed by atoms with Crippen LogP contribution in [0.25, 0.3) is 0 Å². The third-order valence-corrected chi connectivity index (χ3v) is 5.83. The van der Waals surface area contributed by atoms with Gasteiger partial charge in [0.1, 0.15) is 11.5 Å². The predicted octanol–water partition coefficient (Wildman–Crippen LogP) is 2.50. The number of hydrogen-bond donors (Lipinski definition) is 2. The molecule has 158 valence electrons. The zero-order chi connectivity index (χ0) is 21.3. The van der Waals surface area contributed by atoms with Crippen LogP contribution in [0.3, 0.4) is 0 Å². The van der Waals surface area contributed by atoms with Gasteiger partial charge in [-0.15, -0.1) is 0 Å². The molecule has 2 unspecified atom stereocenters. The van der Waals surface area contributed by atoms with E-state index in [0.29, 0.717) is 43.4 Å². The van der Waals surface area contributed by atoms with E-state index in [2.05, 4.69) is 10.9 Å². The molecule has 0 bridgehead atoms. The Labute approximate surface area is 177 Å². The number of hydrazine groups is 1. The number of nitro benzene ring substituents is 1. The van der Waals surface area contributed by atoms with Crippen molar-refractivity contribution in [1.29, 1.82) is 0 Å². The minimum atomic E-state index is -0.443. The van der Waals surface area contributed by atoms with E-state index >= 15 is 0 Å². The number of piperazine rings is 1. The van der Waals surface area contributed by atoms with E-state index in [9.17, 15) is 19.3 Å². The lowest BCUT2D eigenvalue weighted by Gasteiger charge is -2.37. The molecule has 1 amide bonds. The Morgan fingerprint density at radius 1 is 1.13 bits per heavy atom. The molecule has 0 saturated carbocycles. The van der Waals surface area contributed by atoms with E-state index in [0.717, 1.165) is 5.56 Å². The molecule has 2 aromatic carbocycles. The van der Waals surface area contributed by atoms with Crippen LogP contribution >= 0.6 is 11.6 Å². The summed E-state index contributed by atoms with van der Waals surface area (Å²) in [6.07, 6.45) is 0. The monoisotopic (exact) mass is 433 g/mol. The Balaban J connectivity index is 1.43. The van der Waals surface area contributed by atoms with Crippen LogP contribution in [0.1, 0.15) is 11.6 Å². The zero-order valence-corrected chi connectivity index (χ0v) is 16.8. The average molecular weight is 434 g/mol. The summed E-state index contributed by atoms with van der Waals surface area (Å²) in [5.41, 5.74) is 7.44. The van der Waals surface area contributed by atoms with Gasteiger partial charge in [-0.2, -0.15) is 0 Å². The van der Waals surface area contributed by atoms with Gasteiger partial charge < -0.3 is 9.80 Å². The lowest BCUT2D eigenvalue weighted by Crippen LogP contribution is -2.51. The van der Waals surface area contributed by atoms with Gasteiger partial charge in [-0.3, -0.25) is 20.3 Å². The molecule has 2 fully saturated rings. The van der Waals surface area contributed by atoms with Gasteiger partial charge in [-0.25, -0.2) is 9.82 Å².